The number of hydrogen-bond acceptors (Lipinski definition) is 3. The summed E-state index contributed by atoms with van der Waals surface area (Å²) in [4.78, 5) is 9.47. The third kappa shape index (κ3) is 4.61. The van der Waals surface area contributed by atoms with E-state index in [4.69, 9.17) is 4.74 Å². The molecule has 1 N–H and O–H groups in total. The molecular weight excluding hydrogens is 427 g/mol. The Morgan fingerprint density at radius 1 is 1.16 bits per heavy atom. The fraction of sp³-hybridized carbons (Fsp3) is 0.947. The minimum absolute atomic E-state index is 0. The Bertz CT molecular complexity index is 480. The average Bonchev–Trinajstić information content (AvgIpc) is 2.45. The number of guanidine groups is 1. The van der Waals surface area contributed by atoms with Crippen LogP contribution < -0.4 is 5.32 Å². The van der Waals surface area contributed by atoms with Crippen LogP contribution in [-0.2, 0) is 4.74 Å². The van der Waals surface area contributed by atoms with Crippen molar-refractivity contribution in [3.05, 3.63) is 0 Å². The Kier molecular flexibility index (Phi) is 7.24. The summed E-state index contributed by atoms with van der Waals surface area (Å²) >= 11 is 0. The molecule has 0 aromatic rings. The SMILES string of the molecule is CN=C(NCC(C)(C)N1CC(C)OC(C)C1)N1CC(C)(C)C1(C)C.I. The van der Waals surface area contributed by atoms with E-state index in [-0.39, 0.29) is 35.1 Å². The fourth-order valence-electron chi connectivity index (χ4n) is 3.77. The highest BCUT2D eigenvalue weighted by molar-refractivity contribution is 14.0. The van der Waals surface area contributed by atoms with E-state index in [0.29, 0.717) is 17.6 Å². The number of nitrogens with zero attached hydrogens (tertiary/aromatic N) is 3. The van der Waals surface area contributed by atoms with Crippen molar-refractivity contribution < 1.29 is 4.74 Å². The zero-order chi connectivity index (χ0) is 18.3. The number of hydrogen-bond donors (Lipinski definition) is 1. The zero-order valence-electron chi connectivity index (χ0n) is 17.6. The first-order chi connectivity index (χ1) is 10.9. The topological polar surface area (TPSA) is 40.1 Å². The molecule has 2 heterocycles. The lowest BCUT2D eigenvalue weighted by Gasteiger charge is -2.62. The normalized spacial score (nSPS) is 29.6. The number of morpholine rings is 1. The van der Waals surface area contributed by atoms with Gasteiger partial charge in [0.15, 0.2) is 5.96 Å². The second-order valence-corrected chi connectivity index (χ2v) is 9.40. The highest BCUT2D eigenvalue weighted by Gasteiger charge is 2.53. The van der Waals surface area contributed by atoms with Crippen molar-refractivity contribution in [2.75, 3.05) is 33.2 Å². The lowest BCUT2D eigenvalue weighted by atomic mass is 9.65. The molecule has 2 unspecified atom stereocenters. The number of aliphatic imine (C=N–C) groups is 1. The molecule has 6 heteroatoms. The van der Waals surface area contributed by atoms with Crippen molar-refractivity contribution in [3.63, 3.8) is 0 Å². The Hall–Kier alpha value is -0.0800. The monoisotopic (exact) mass is 466 g/mol. The summed E-state index contributed by atoms with van der Waals surface area (Å²) < 4.78 is 5.88. The van der Waals surface area contributed by atoms with Gasteiger partial charge in [-0.1, -0.05) is 13.8 Å². The maximum Gasteiger partial charge on any atom is 0.194 e. The Morgan fingerprint density at radius 2 is 1.68 bits per heavy atom. The van der Waals surface area contributed by atoms with E-state index in [9.17, 15) is 0 Å². The lowest BCUT2D eigenvalue weighted by molar-refractivity contribution is -0.0954. The van der Waals surface area contributed by atoms with Gasteiger partial charge < -0.3 is 15.0 Å². The van der Waals surface area contributed by atoms with Crippen LogP contribution in [0, 0.1) is 5.41 Å². The molecule has 0 spiro atoms. The number of nitrogens with one attached hydrogen (secondary N) is 1. The molecule has 5 nitrogen and oxygen atoms in total. The van der Waals surface area contributed by atoms with Gasteiger partial charge in [-0.2, -0.15) is 0 Å². The molecular formula is C19H39IN4O. The maximum atomic E-state index is 5.88. The summed E-state index contributed by atoms with van der Waals surface area (Å²) in [6.45, 7) is 22.1. The lowest BCUT2D eigenvalue weighted by Crippen LogP contribution is -2.73. The van der Waals surface area contributed by atoms with Crippen molar-refractivity contribution >= 4 is 29.9 Å². The molecule has 2 saturated heterocycles. The van der Waals surface area contributed by atoms with Gasteiger partial charge in [0.05, 0.1) is 12.2 Å². The number of likely N-dealkylation sites (tertiary alicyclic amines) is 1. The minimum atomic E-state index is 0. The van der Waals surface area contributed by atoms with Gasteiger partial charge in [0.1, 0.15) is 0 Å². The highest BCUT2D eigenvalue weighted by atomic mass is 127. The van der Waals surface area contributed by atoms with E-state index in [1.807, 2.05) is 7.05 Å². The first-order valence-corrected chi connectivity index (χ1v) is 9.29. The van der Waals surface area contributed by atoms with Crippen LogP contribution in [0.3, 0.4) is 0 Å². The summed E-state index contributed by atoms with van der Waals surface area (Å²) in [5.74, 6) is 1.02. The van der Waals surface area contributed by atoms with E-state index >= 15 is 0 Å². The van der Waals surface area contributed by atoms with Crippen LogP contribution in [-0.4, -0.2) is 72.3 Å². The third-order valence-electron chi connectivity index (χ3n) is 6.31. The Labute approximate surface area is 172 Å². The first kappa shape index (κ1) is 23.0. The molecule has 0 aromatic heterocycles. The summed E-state index contributed by atoms with van der Waals surface area (Å²) in [7, 11) is 1.88. The van der Waals surface area contributed by atoms with Crippen LogP contribution in [0.25, 0.3) is 0 Å². The summed E-state index contributed by atoms with van der Waals surface area (Å²) in [5, 5.41) is 3.63. The minimum Gasteiger partial charge on any atom is -0.373 e. The van der Waals surface area contributed by atoms with Gasteiger partial charge in [0, 0.05) is 49.7 Å². The third-order valence-corrected chi connectivity index (χ3v) is 6.31. The van der Waals surface area contributed by atoms with Crippen LogP contribution in [0.5, 0.6) is 0 Å². The molecule has 0 radical (unpaired) electrons. The molecule has 0 aliphatic carbocycles. The van der Waals surface area contributed by atoms with Gasteiger partial charge in [-0.3, -0.25) is 9.89 Å². The van der Waals surface area contributed by atoms with Gasteiger partial charge >= 0.3 is 0 Å². The van der Waals surface area contributed by atoms with Gasteiger partial charge in [-0.25, -0.2) is 0 Å². The maximum absolute atomic E-state index is 5.88. The van der Waals surface area contributed by atoms with Gasteiger partial charge in [0.25, 0.3) is 0 Å². The number of halogens is 1. The van der Waals surface area contributed by atoms with Gasteiger partial charge in [-0.05, 0) is 41.5 Å². The average molecular weight is 466 g/mol. The van der Waals surface area contributed by atoms with Gasteiger partial charge in [0.2, 0.25) is 0 Å². The van der Waals surface area contributed by atoms with E-state index in [1.165, 1.54) is 0 Å². The molecule has 25 heavy (non-hydrogen) atoms. The van der Waals surface area contributed by atoms with E-state index in [2.05, 4.69) is 75.5 Å². The predicted octanol–water partition coefficient (Wildman–Crippen LogP) is 3.19. The van der Waals surface area contributed by atoms with Crippen LogP contribution in [0.15, 0.2) is 4.99 Å². The highest BCUT2D eigenvalue weighted by Crippen LogP contribution is 2.46. The summed E-state index contributed by atoms with van der Waals surface area (Å²) in [6, 6.07) is 0. The number of rotatable bonds is 3. The molecule has 148 valence electrons. The molecule has 0 saturated carbocycles. The predicted molar refractivity (Wildman–Crippen MR) is 117 cm³/mol. The van der Waals surface area contributed by atoms with E-state index < -0.39 is 0 Å². The Balaban J connectivity index is 0.00000312. The molecule has 2 aliphatic rings. The molecule has 0 aromatic carbocycles. The quantitative estimate of drug-likeness (QED) is 0.394. The second-order valence-electron chi connectivity index (χ2n) is 9.40. The zero-order valence-corrected chi connectivity index (χ0v) is 20.0. The second kappa shape index (κ2) is 7.89. The first-order valence-electron chi connectivity index (χ1n) is 9.29. The fourth-order valence-corrected chi connectivity index (χ4v) is 3.77. The Morgan fingerprint density at radius 3 is 2.08 bits per heavy atom. The molecule has 0 amide bonds. The number of ether oxygens (including phenoxy) is 1. The van der Waals surface area contributed by atoms with Crippen molar-refractivity contribution in [1.29, 1.82) is 0 Å². The standard InChI is InChI=1S/C19H38N4O.HI/c1-14-10-22(11-15(2)24-14)18(5,6)12-21-16(20-9)23-13-17(3,4)19(23,7)8;/h14-15H,10-13H2,1-9H3,(H,20,21);1H. The smallest absolute Gasteiger partial charge is 0.194 e. The van der Waals surface area contributed by atoms with Crippen LogP contribution in [0.4, 0.5) is 0 Å². The van der Waals surface area contributed by atoms with E-state index in [0.717, 1.165) is 32.1 Å². The van der Waals surface area contributed by atoms with Crippen LogP contribution >= 0.6 is 24.0 Å². The largest absolute Gasteiger partial charge is 0.373 e. The molecule has 2 fully saturated rings. The van der Waals surface area contributed by atoms with Gasteiger partial charge in [-0.15, -0.1) is 24.0 Å². The molecule has 2 rings (SSSR count). The van der Waals surface area contributed by atoms with Crippen LogP contribution in [0.2, 0.25) is 0 Å². The van der Waals surface area contributed by atoms with Crippen LogP contribution in [0.1, 0.15) is 55.4 Å². The van der Waals surface area contributed by atoms with Crippen molar-refractivity contribution in [2.45, 2.75) is 78.7 Å². The van der Waals surface area contributed by atoms with Crippen molar-refractivity contribution in [2.24, 2.45) is 10.4 Å². The molecule has 0 bridgehead atoms. The van der Waals surface area contributed by atoms with Crippen molar-refractivity contribution in [1.82, 2.24) is 15.1 Å². The molecule has 2 atom stereocenters. The molecule has 2 aliphatic heterocycles. The van der Waals surface area contributed by atoms with Crippen molar-refractivity contribution in [3.8, 4) is 0 Å². The summed E-state index contributed by atoms with van der Waals surface area (Å²) in [6.07, 6.45) is 0.588. The van der Waals surface area contributed by atoms with E-state index in [1.54, 1.807) is 0 Å². The summed E-state index contributed by atoms with van der Waals surface area (Å²) in [5.41, 5.74) is 0.503.